The highest BCUT2D eigenvalue weighted by Gasteiger charge is 2.25. The summed E-state index contributed by atoms with van der Waals surface area (Å²) in [5.41, 5.74) is 3.27. The van der Waals surface area contributed by atoms with Crippen molar-refractivity contribution in [3.8, 4) is 5.75 Å². The van der Waals surface area contributed by atoms with Crippen LogP contribution in [0, 0.1) is 0 Å². The van der Waals surface area contributed by atoms with Gasteiger partial charge in [-0.2, -0.15) is 4.99 Å². The molecule has 4 rings (SSSR count). The number of amides is 1. The maximum absolute atomic E-state index is 13.2. The fraction of sp³-hybridized carbons (Fsp3) is 0.545. The van der Waals surface area contributed by atoms with Gasteiger partial charge in [-0.3, -0.25) is 14.2 Å². The van der Waals surface area contributed by atoms with Crippen molar-refractivity contribution >= 4 is 21.8 Å². The average molecular weight is 462 g/mol. The molecule has 0 spiro atoms. The lowest BCUT2D eigenvalue weighted by atomic mass is 9.92. The molecule has 1 atom stereocenters. The predicted molar refractivity (Wildman–Crippen MR) is 114 cm³/mol. The first-order valence-corrected chi connectivity index (χ1v) is 11.0. The predicted octanol–water partition coefficient (Wildman–Crippen LogP) is 3.74. The molecule has 0 unspecified atom stereocenters. The number of fused-ring (bicyclic) bond motifs is 1. The number of rotatable bonds is 3. The second-order valence-corrected chi connectivity index (χ2v) is 9.75. The summed E-state index contributed by atoms with van der Waals surface area (Å²) in [4.78, 5) is 17.7. The summed E-state index contributed by atoms with van der Waals surface area (Å²) in [6, 6.07) is 5.83. The molecule has 0 saturated carbocycles. The summed E-state index contributed by atoms with van der Waals surface area (Å²) in [5.74, 6) is 0.385. The lowest BCUT2D eigenvalue weighted by Gasteiger charge is -2.21. The van der Waals surface area contributed by atoms with Crippen LogP contribution < -0.4 is 10.2 Å². The molecule has 1 amide bonds. The average Bonchev–Trinajstić information content (AvgIpc) is 3.37. The van der Waals surface area contributed by atoms with E-state index in [1.54, 1.807) is 6.07 Å². The maximum Gasteiger partial charge on any atom is 0.282 e. The van der Waals surface area contributed by atoms with Gasteiger partial charge in [-0.15, -0.1) is 0 Å². The van der Waals surface area contributed by atoms with Gasteiger partial charge in [0.2, 0.25) is 0 Å². The van der Waals surface area contributed by atoms with Crippen LogP contribution in [0.25, 0.3) is 0 Å². The normalized spacial score (nSPS) is 19.5. The number of hydrogen-bond donors (Lipinski definition) is 0. The quantitative estimate of drug-likeness (QED) is 0.699. The Hall–Kier alpha value is -1.86. The molecule has 2 aromatic rings. The summed E-state index contributed by atoms with van der Waals surface area (Å²) < 4.78 is 16.6. The van der Waals surface area contributed by atoms with E-state index in [4.69, 9.17) is 9.47 Å². The van der Waals surface area contributed by atoms with Crippen LogP contribution in [0.1, 0.15) is 55.2 Å². The Kier molecular flexibility index (Phi) is 5.46. The van der Waals surface area contributed by atoms with E-state index in [1.807, 2.05) is 19.2 Å². The molecule has 1 saturated heterocycles. The fourth-order valence-electron chi connectivity index (χ4n) is 4.16. The zero-order valence-corrected chi connectivity index (χ0v) is 19.1. The molecule has 2 aliphatic rings. The van der Waals surface area contributed by atoms with E-state index in [9.17, 15) is 4.79 Å². The summed E-state index contributed by atoms with van der Waals surface area (Å²) >= 11 is 3.51. The fourth-order valence-corrected chi connectivity index (χ4v) is 4.66. The molecular formula is C22H28BrN3O3. The number of carbonyl (C=O) groups excluding carboxylic acids is 1. The number of aromatic nitrogens is 2. The summed E-state index contributed by atoms with van der Waals surface area (Å²) in [7, 11) is 2.03. The van der Waals surface area contributed by atoms with Gasteiger partial charge in [0, 0.05) is 41.7 Å². The van der Waals surface area contributed by atoms with Gasteiger partial charge in [0.05, 0.1) is 24.8 Å². The lowest BCUT2D eigenvalue weighted by Crippen LogP contribution is -2.30. The Bertz CT molecular complexity index is 1010. The highest BCUT2D eigenvalue weighted by Crippen LogP contribution is 2.33. The maximum atomic E-state index is 13.2. The second kappa shape index (κ2) is 7.76. The highest BCUT2D eigenvalue weighted by molar-refractivity contribution is 9.10. The van der Waals surface area contributed by atoms with Crippen LogP contribution in [0.4, 0.5) is 0 Å². The summed E-state index contributed by atoms with van der Waals surface area (Å²) in [6.07, 6.45) is 3.08. The van der Waals surface area contributed by atoms with E-state index in [1.165, 1.54) is 0 Å². The molecule has 1 fully saturated rings. The molecule has 1 aromatic carbocycles. The number of benzene rings is 1. The molecule has 0 N–H and O–H groups in total. The van der Waals surface area contributed by atoms with Crippen molar-refractivity contribution < 1.29 is 14.3 Å². The van der Waals surface area contributed by atoms with E-state index >= 15 is 0 Å². The van der Waals surface area contributed by atoms with Crippen molar-refractivity contribution in [3.63, 3.8) is 0 Å². The van der Waals surface area contributed by atoms with Crippen molar-refractivity contribution in [3.05, 3.63) is 45.0 Å². The van der Waals surface area contributed by atoms with Crippen LogP contribution in [0.3, 0.4) is 0 Å². The molecule has 3 heterocycles. The van der Waals surface area contributed by atoms with Gasteiger partial charge in [0.15, 0.2) is 5.49 Å². The third kappa shape index (κ3) is 4.08. The van der Waals surface area contributed by atoms with Gasteiger partial charge < -0.3 is 9.47 Å². The van der Waals surface area contributed by atoms with Crippen molar-refractivity contribution in [2.75, 3.05) is 13.2 Å². The third-order valence-corrected chi connectivity index (χ3v) is 6.06. The van der Waals surface area contributed by atoms with Gasteiger partial charge in [-0.25, -0.2) is 0 Å². The number of carbonyl (C=O) groups is 1. The summed E-state index contributed by atoms with van der Waals surface area (Å²) in [5, 5.41) is 0. The molecule has 1 aromatic heterocycles. The van der Waals surface area contributed by atoms with Crippen LogP contribution in [0.5, 0.6) is 5.75 Å². The van der Waals surface area contributed by atoms with Crippen LogP contribution >= 0.6 is 15.9 Å². The van der Waals surface area contributed by atoms with Gasteiger partial charge in [0.25, 0.3) is 5.91 Å². The van der Waals surface area contributed by atoms with Crippen LogP contribution in [0.2, 0.25) is 0 Å². The standard InChI is InChI=1S/C22H28BrN3O3/c1-22(2,3)18-12-19(26(25(18)4)13-16-6-5-8-28-16)24-21(27)17-11-15(23)10-14-7-9-29-20(14)17/h10-12,16H,5-9,13H2,1-4H3/t16-/m1/s1. The molecule has 156 valence electrons. The molecule has 7 heteroatoms. The van der Waals surface area contributed by atoms with Crippen molar-refractivity contribution in [1.29, 1.82) is 0 Å². The Balaban J connectivity index is 1.79. The number of nitrogens with zero attached hydrogens (tertiary/aromatic N) is 3. The van der Waals surface area contributed by atoms with E-state index in [0.717, 1.165) is 41.6 Å². The molecule has 2 aliphatic heterocycles. The Morgan fingerprint density at radius 1 is 1.28 bits per heavy atom. The molecule has 0 aliphatic carbocycles. The highest BCUT2D eigenvalue weighted by atomic mass is 79.9. The Labute approximate surface area is 179 Å². The first kappa shape index (κ1) is 20.4. The third-order valence-electron chi connectivity index (χ3n) is 5.60. The van der Waals surface area contributed by atoms with Crippen LogP contribution in [-0.4, -0.2) is 34.6 Å². The zero-order chi connectivity index (χ0) is 20.8. The summed E-state index contributed by atoms with van der Waals surface area (Å²) in [6.45, 7) is 8.59. The van der Waals surface area contributed by atoms with Crippen LogP contribution in [0.15, 0.2) is 27.7 Å². The van der Waals surface area contributed by atoms with Gasteiger partial charge in [-0.05, 0) is 30.5 Å². The molecule has 0 radical (unpaired) electrons. The number of ether oxygens (including phenoxy) is 2. The van der Waals surface area contributed by atoms with Gasteiger partial charge in [-0.1, -0.05) is 36.7 Å². The van der Waals surface area contributed by atoms with Gasteiger partial charge >= 0.3 is 0 Å². The Morgan fingerprint density at radius 3 is 2.76 bits per heavy atom. The van der Waals surface area contributed by atoms with Crippen molar-refractivity contribution in [1.82, 2.24) is 9.36 Å². The smallest absolute Gasteiger partial charge is 0.282 e. The molecular weight excluding hydrogens is 434 g/mol. The monoisotopic (exact) mass is 461 g/mol. The molecule has 6 nitrogen and oxygen atoms in total. The Morgan fingerprint density at radius 2 is 2.07 bits per heavy atom. The topological polar surface area (TPSA) is 57.8 Å². The minimum Gasteiger partial charge on any atom is -0.492 e. The SMILES string of the molecule is Cn1c(C(C)(C)C)cc(=NC(=O)c2cc(Br)cc3c2OCC3)n1C[C@H]1CCCO1. The number of halogens is 1. The van der Waals surface area contributed by atoms with E-state index < -0.39 is 0 Å². The van der Waals surface area contributed by atoms with E-state index in [-0.39, 0.29) is 17.4 Å². The lowest BCUT2D eigenvalue weighted by molar-refractivity contribution is 0.0885. The molecule has 29 heavy (non-hydrogen) atoms. The van der Waals surface area contributed by atoms with E-state index in [2.05, 4.69) is 51.1 Å². The zero-order valence-electron chi connectivity index (χ0n) is 17.5. The first-order valence-electron chi connectivity index (χ1n) is 10.2. The first-order chi connectivity index (χ1) is 13.7. The largest absolute Gasteiger partial charge is 0.492 e. The molecule has 0 bridgehead atoms. The minimum atomic E-state index is -0.281. The number of hydrogen-bond acceptors (Lipinski definition) is 3. The van der Waals surface area contributed by atoms with Crippen molar-refractivity contribution in [2.45, 2.75) is 58.1 Å². The van der Waals surface area contributed by atoms with E-state index in [0.29, 0.717) is 30.0 Å². The van der Waals surface area contributed by atoms with Crippen LogP contribution in [-0.2, 0) is 30.2 Å². The van der Waals surface area contributed by atoms with Crippen molar-refractivity contribution in [2.24, 2.45) is 12.0 Å². The van der Waals surface area contributed by atoms with Gasteiger partial charge in [0.1, 0.15) is 5.75 Å². The minimum absolute atomic E-state index is 0.0655. The second-order valence-electron chi connectivity index (χ2n) is 8.84.